The van der Waals surface area contributed by atoms with Gasteiger partial charge in [-0.1, -0.05) is 20.8 Å². The Labute approximate surface area is 106 Å². The number of nitrogens with zero attached hydrogens (tertiary/aromatic N) is 1. The molecule has 1 saturated heterocycles. The van der Waals surface area contributed by atoms with E-state index in [4.69, 9.17) is 0 Å². The van der Waals surface area contributed by atoms with Crippen LogP contribution in [-0.4, -0.2) is 36.5 Å². The SMILES string of the molecule is CCC1CCCCN1C(=O)CNCCC(C)C. The lowest BCUT2D eigenvalue weighted by Gasteiger charge is -2.35. The van der Waals surface area contributed by atoms with Crippen LogP contribution in [0.5, 0.6) is 0 Å². The highest BCUT2D eigenvalue weighted by Crippen LogP contribution is 2.19. The van der Waals surface area contributed by atoms with Crippen LogP contribution in [0.4, 0.5) is 0 Å². The van der Waals surface area contributed by atoms with Crippen molar-refractivity contribution in [3.05, 3.63) is 0 Å². The molecular weight excluding hydrogens is 212 g/mol. The molecular formula is C14H28N2O. The molecule has 0 aromatic heterocycles. The summed E-state index contributed by atoms with van der Waals surface area (Å²) in [6, 6.07) is 0.489. The fraction of sp³-hybridized carbons (Fsp3) is 0.929. The highest BCUT2D eigenvalue weighted by molar-refractivity contribution is 5.78. The Balaban J connectivity index is 2.25. The van der Waals surface area contributed by atoms with E-state index >= 15 is 0 Å². The Kier molecular flexibility index (Phi) is 6.56. The van der Waals surface area contributed by atoms with Gasteiger partial charge in [-0.15, -0.1) is 0 Å². The van der Waals surface area contributed by atoms with Crippen LogP contribution in [0.1, 0.15) is 52.9 Å². The number of carbonyl (C=O) groups is 1. The zero-order valence-electron chi connectivity index (χ0n) is 11.7. The molecule has 1 rings (SSSR count). The van der Waals surface area contributed by atoms with Gasteiger partial charge in [0.1, 0.15) is 0 Å². The number of hydrogen-bond acceptors (Lipinski definition) is 2. The Morgan fingerprint density at radius 1 is 1.41 bits per heavy atom. The van der Waals surface area contributed by atoms with Crippen molar-refractivity contribution in [2.24, 2.45) is 5.92 Å². The lowest BCUT2D eigenvalue weighted by atomic mass is 10.00. The third-order valence-corrected chi connectivity index (χ3v) is 3.59. The highest BCUT2D eigenvalue weighted by atomic mass is 16.2. The molecule has 1 aliphatic rings. The first kappa shape index (κ1) is 14.5. The Morgan fingerprint density at radius 2 is 2.18 bits per heavy atom. The summed E-state index contributed by atoms with van der Waals surface area (Å²) in [5.74, 6) is 0.997. The van der Waals surface area contributed by atoms with Gasteiger partial charge < -0.3 is 10.2 Å². The minimum atomic E-state index is 0.292. The van der Waals surface area contributed by atoms with E-state index in [9.17, 15) is 4.79 Å². The van der Waals surface area contributed by atoms with E-state index < -0.39 is 0 Å². The van der Waals surface area contributed by atoms with Gasteiger partial charge in [0, 0.05) is 12.6 Å². The predicted molar refractivity (Wildman–Crippen MR) is 72.0 cm³/mol. The van der Waals surface area contributed by atoms with Crippen molar-refractivity contribution in [3.63, 3.8) is 0 Å². The van der Waals surface area contributed by atoms with E-state index in [0.29, 0.717) is 24.4 Å². The van der Waals surface area contributed by atoms with Gasteiger partial charge in [0.15, 0.2) is 0 Å². The van der Waals surface area contributed by atoms with Gasteiger partial charge in [0.25, 0.3) is 0 Å². The molecule has 100 valence electrons. The third kappa shape index (κ3) is 5.07. The van der Waals surface area contributed by atoms with Gasteiger partial charge in [-0.2, -0.15) is 0 Å². The second-order valence-corrected chi connectivity index (χ2v) is 5.50. The van der Waals surface area contributed by atoms with E-state index in [1.165, 1.54) is 19.3 Å². The number of hydrogen-bond donors (Lipinski definition) is 1. The quantitative estimate of drug-likeness (QED) is 0.723. The fourth-order valence-electron chi connectivity index (χ4n) is 2.44. The van der Waals surface area contributed by atoms with Crippen molar-refractivity contribution < 1.29 is 4.79 Å². The van der Waals surface area contributed by atoms with E-state index in [0.717, 1.165) is 25.9 Å². The van der Waals surface area contributed by atoms with Crippen LogP contribution in [0.25, 0.3) is 0 Å². The molecule has 0 aliphatic carbocycles. The van der Waals surface area contributed by atoms with Crippen LogP contribution in [0.15, 0.2) is 0 Å². The maximum atomic E-state index is 12.1. The standard InChI is InChI=1S/C14H28N2O/c1-4-13-7-5-6-10-16(13)14(17)11-15-9-8-12(2)3/h12-13,15H,4-11H2,1-3H3. The number of likely N-dealkylation sites (tertiary alicyclic amines) is 1. The van der Waals surface area contributed by atoms with Crippen molar-refractivity contribution in [3.8, 4) is 0 Å². The van der Waals surface area contributed by atoms with Gasteiger partial charge in [0.05, 0.1) is 6.54 Å². The van der Waals surface area contributed by atoms with Gasteiger partial charge >= 0.3 is 0 Å². The normalized spacial score (nSPS) is 20.9. The van der Waals surface area contributed by atoms with Gasteiger partial charge in [-0.25, -0.2) is 0 Å². The average Bonchev–Trinajstić information content (AvgIpc) is 2.34. The van der Waals surface area contributed by atoms with Crippen molar-refractivity contribution in [2.75, 3.05) is 19.6 Å². The molecule has 3 nitrogen and oxygen atoms in total. The first-order valence-electron chi connectivity index (χ1n) is 7.15. The van der Waals surface area contributed by atoms with E-state index in [1.54, 1.807) is 0 Å². The summed E-state index contributed by atoms with van der Waals surface area (Å²) < 4.78 is 0. The molecule has 1 N–H and O–H groups in total. The Morgan fingerprint density at radius 3 is 2.82 bits per heavy atom. The molecule has 0 aromatic carbocycles. The first-order valence-corrected chi connectivity index (χ1v) is 7.15. The van der Waals surface area contributed by atoms with Crippen LogP contribution in [0.2, 0.25) is 0 Å². The monoisotopic (exact) mass is 240 g/mol. The molecule has 1 unspecified atom stereocenters. The molecule has 1 amide bonds. The van der Waals surface area contributed by atoms with Crippen LogP contribution in [0, 0.1) is 5.92 Å². The van der Waals surface area contributed by atoms with Gasteiger partial charge in [-0.05, 0) is 44.6 Å². The van der Waals surface area contributed by atoms with E-state index in [1.807, 2.05) is 0 Å². The maximum Gasteiger partial charge on any atom is 0.236 e. The summed E-state index contributed by atoms with van der Waals surface area (Å²) in [6.45, 7) is 9.03. The Bertz CT molecular complexity index is 228. The van der Waals surface area contributed by atoms with Crippen molar-refractivity contribution in [1.29, 1.82) is 0 Å². The van der Waals surface area contributed by atoms with Crippen molar-refractivity contribution in [2.45, 2.75) is 58.9 Å². The summed E-state index contributed by atoms with van der Waals surface area (Å²) in [4.78, 5) is 14.2. The summed E-state index contributed by atoms with van der Waals surface area (Å²) >= 11 is 0. The summed E-state index contributed by atoms with van der Waals surface area (Å²) in [5.41, 5.74) is 0. The van der Waals surface area contributed by atoms with Gasteiger partial charge in [0.2, 0.25) is 5.91 Å². The fourth-order valence-corrected chi connectivity index (χ4v) is 2.44. The summed E-state index contributed by atoms with van der Waals surface area (Å²) in [6.07, 6.45) is 5.88. The number of amides is 1. The third-order valence-electron chi connectivity index (χ3n) is 3.59. The minimum Gasteiger partial charge on any atom is -0.339 e. The van der Waals surface area contributed by atoms with Crippen molar-refractivity contribution in [1.82, 2.24) is 10.2 Å². The molecule has 0 spiro atoms. The molecule has 17 heavy (non-hydrogen) atoms. The second-order valence-electron chi connectivity index (χ2n) is 5.50. The number of nitrogens with one attached hydrogen (secondary N) is 1. The van der Waals surface area contributed by atoms with Crippen LogP contribution >= 0.6 is 0 Å². The lowest BCUT2D eigenvalue weighted by molar-refractivity contribution is -0.133. The average molecular weight is 240 g/mol. The largest absolute Gasteiger partial charge is 0.339 e. The highest BCUT2D eigenvalue weighted by Gasteiger charge is 2.24. The smallest absolute Gasteiger partial charge is 0.236 e. The number of carbonyl (C=O) groups excluding carboxylic acids is 1. The maximum absolute atomic E-state index is 12.1. The summed E-state index contributed by atoms with van der Waals surface area (Å²) in [5, 5.41) is 3.27. The van der Waals surface area contributed by atoms with E-state index in [-0.39, 0.29) is 0 Å². The zero-order chi connectivity index (χ0) is 12.7. The molecule has 0 radical (unpaired) electrons. The number of rotatable bonds is 6. The van der Waals surface area contributed by atoms with Crippen LogP contribution in [0.3, 0.4) is 0 Å². The predicted octanol–water partition coefficient (Wildman–Crippen LogP) is 2.41. The van der Waals surface area contributed by atoms with E-state index in [2.05, 4.69) is 31.0 Å². The topological polar surface area (TPSA) is 32.3 Å². The minimum absolute atomic E-state index is 0.292. The molecule has 1 aliphatic heterocycles. The molecule has 0 bridgehead atoms. The molecule has 1 fully saturated rings. The van der Waals surface area contributed by atoms with Crippen molar-refractivity contribution >= 4 is 5.91 Å². The lowest BCUT2D eigenvalue weighted by Crippen LogP contribution is -2.47. The molecule has 0 saturated carbocycles. The molecule has 1 atom stereocenters. The summed E-state index contributed by atoms with van der Waals surface area (Å²) in [7, 11) is 0. The molecule has 3 heteroatoms. The molecule has 1 heterocycles. The second kappa shape index (κ2) is 7.70. The van der Waals surface area contributed by atoms with Gasteiger partial charge in [-0.3, -0.25) is 4.79 Å². The first-order chi connectivity index (χ1) is 8.15. The van der Waals surface area contributed by atoms with Crippen LogP contribution < -0.4 is 5.32 Å². The Hall–Kier alpha value is -0.570. The zero-order valence-corrected chi connectivity index (χ0v) is 11.7. The molecule has 0 aromatic rings. The van der Waals surface area contributed by atoms with Crippen LogP contribution in [-0.2, 0) is 4.79 Å². The number of piperidine rings is 1.